The third kappa shape index (κ3) is 4.62. The van der Waals surface area contributed by atoms with E-state index < -0.39 is 28.0 Å². The fourth-order valence-electron chi connectivity index (χ4n) is 3.37. The lowest BCUT2D eigenvalue weighted by atomic mass is 9.98. The van der Waals surface area contributed by atoms with Crippen LogP contribution >= 0.6 is 0 Å². The van der Waals surface area contributed by atoms with Crippen molar-refractivity contribution in [3.63, 3.8) is 0 Å². The monoisotopic (exact) mass is 380 g/mol. The molecule has 1 aromatic rings. The first-order valence-corrected chi connectivity index (χ1v) is 10.5. The topological polar surface area (TPSA) is 104 Å². The Morgan fingerprint density at radius 3 is 2.50 bits per heavy atom. The summed E-state index contributed by atoms with van der Waals surface area (Å²) in [4.78, 5) is 23.8. The summed E-state index contributed by atoms with van der Waals surface area (Å²) < 4.78 is 26.7. The van der Waals surface area contributed by atoms with Gasteiger partial charge in [-0.2, -0.15) is 0 Å². The minimum absolute atomic E-state index is 0.00189. The van der Waals surface area contributed by atoms with Crippen LogP contribution in [0.25, 0.3) is 0 Å². The Kier molecular flexibility index (Phi) is 5.62. The van der Waals surface area contributed by atoms with Crippen molar-refractivity contribution in [2.45, 2.75) is 37.5 Å². The van der Waals surface area contributed by atoms with E-state index in [1.807, 2.05) is 6.07 Å². The molecule has 7 nitrogen and oxygen atoms in total. The van der Waals surface area contributed by atoms with E-state index in [4.69, 9.17) is 0 Å². The van der Waals surface area contributed by atoms with Crippen LogP contribution in [0, 0.1) is 11.8 Å². The summed E-state index contributed by atoms with van der Waals surface area (Å²) >= 11 is 0. The number of carbonyl (C=O) groups excluding carboxylic acids is 1. The van der Waals surface area contributed by atoms with E-state index in [9.17, 15) is 23.1 Å². The van der Waals surface area contributed by atoms with Gasteiger partial charge in [0.05, 0.1) is 11.7 Å². The first-order valence-electron chi connectivity index (χ1n) is 8.92. The van der Waals surface area contributed by atoms with Crippen LogP contribution in [0.1, 0.15) is 31.2 Å². The second-order valence-corrected chi connectivity index (χ2v) is 9.07. The van der Waals surface area contributed by atoms with E-state index in [1.165, 1.54) is 4.31 Å². The summed E-state index contributed by atoms with van der Waals surface area (Å²) in [6.07, 6.45) is 2.77. The zero-order valence-corrected chi connectivity index (χ0v) is 15.3. The number of rotatable bonds is 7. The molecule has 0 radical (unpaired) electrons. The van der Waals surface area contributed by atoms with E-state index in [0.717, 1.165) is 12.8 Å². The van der Waals surface area contributed by atoms with Gasteiger partial charge >= 0.3 is 5.97 Å². The minimum Gasteiger partial charge on any atom is -0.480 e. The summed E-state index contributed by atoms with van der Waals surface area (Å²) in [5, 5.41) is 11.9. The highest BCUT2D eigenvalue weighted by Crippen LogP contribution is 2.33. The zero-order chi connectivity index (χ0) is 18.7. The maximum atomic E-state index is 12.7. The Bertz CT molecular complexity index is 761. The molecule has 1 amide bonds. The standard InChI is InChI=1S/C18H24N2O5S/c21-17(19-16(18(22)23)14-8-9-14)15-7-4-10-20(11-15)26(24,25)12-13-5-2-1-3-6-13/h1-3,5-6,14-16H,4,7-12H2,(H,19,21)(H,22,23). The van der Waals surface area contributed by atoms with Crippen molar-refractivity contribution in [2.24, 2.45) is 11.8 Å². The molecule has 0 spiro atoms. The number of piperidine rings is 1. The molecule has 8 heteroatoms. The van der Waals surface area contributed by atoms with Crippen LogP contribution in [-0.4, -0.2) is 48.8 Å². The number of carboxylic acid groups (broad SMARTS) is 1. The lowest BCUT2D eigenvalue weighted by Gasteiger charge is -2.31. The van der Waals surface area contributed by atoms with Gasteiger partial charge in [0.25, 0.3) is 0 Å². The minimum atomic E-state index is -3.51. The molecule has 1 aliphatic heterocycles. The number of benzene rings is 1. The molecule has 2 N–H and O–H groups in total. The van der Waals surface area contributed by atoms with E-state index in [2.05, 4.69) is 5.32 Å². The average molecular weight is 380 g/mol. The quantitative estimate of drug-likeness (QED) is 0.740. The predicted octanol–water partition coefficient (Wildman–Crippen LogP) is 1.21. The second-order valence-electron chi connectivity index (χ2n) is 7.10. The molecule has 2 fully saturated rings. The van der Waals surface area contributed by atoms with Gasteiger partial charge in [0.15, 0.2) is 0 Å². The molecule has 1 aliphatic carbocycles. The SMILES string of the molecule is O=C(NC(C(=O)O)C1CC1)C1CCCN(S(=O)(=O)Cc2ccccc2)C1. The third-order valence-electron chi connectivity index (χ3n) is 5.00. The number of sulfonamides is 1. The molecule has 1 saturated heterocycles. The summed E-state index contributed by atoms with van der Waals surface area (Å²) in [5.41, 5.74) is 0.707. The van der Waals surface area contributed by atoms with Crippen molar-refractivity contribution >= 4 is 21.9 Å². The van der Waals surface area contributed by atoms with Crippen LogP contribution in [0.5, 0.6) is 0 Å². The largest absolute Gasteiger partial charge is 0.480 e. The fraction of sp³-hybridized carbons (Fsp3) is 0.556. The highest BCUT2D eigenvalue weighted by Gasteiger charge is 2.39. The number of aliphatic carboxylic acids is 1. The van der Waals surface area contributed by atoms with Gasteiger partial charge in [0.1, 0.15) is 6.04 Å². The number of carboxylic acids is 1. The van der Waals surface area contributed by atoms with E-state index in [1.54, 1.807) is 24.3 Å². The number of nitrogens with one attached hydrogen (secondary N) is 1. The number of carbonyl (C=O) groups is 2. The Balaban J connectivity index is 1.62. The van der Waals surface area contributed by atoms with Crippen molar-refractivity contribution in [3.8, 4) is 0 Å². The van der Waals surface area contributed by atoms with E-state index in [0.29, 0.717) is 24.9 Å². The van der Waals surface area contributed by atoms with Crippen molar-refractivity contribution in [2.75, 3.05) is 13.1 Å². The Morgan fingerprint density at radius 1 is 1.19 bits per heavy atom. The lowest BCUT2D eigenvalue weighted by Crippen LogP contribution is -2.50. The molecule has 0 aromatic heterocycles. The number of amides is 1. The maximum absolute atomic E-state index is 12.7. The van der Waals surface area contributed by atoms with Gasteiger partial charge < -0.3 is 10.4 Å². The normalized spacial score (nSPS) is 22.5. The van der Waals surface area contributed by atoms with E-state index in [-0.39, 0.29) is 24.1 Å². The predicted molar refractivity (Wildman–Crippen MR) is 95.7 cm³/mol. The molecular formula is C18H24N2O5S. The molecule has 2 atom stereocenters. The fourth-order valence-corrected chi connectivity index (χ4v) is 4.98. The van der Waals surface area contributed by atoms with Gasteiger partial charge in [-0.1, -0.05) is 30.3 Å². The Morgan fingerprint density at radius 2 is 1.88 bits per heavy atom. The molecule has 0 bridgehead atoms. The molecule has 2 aliphatic rings. The van der Waals surface area contributed by atoms with Crippen LogP contribution in [0.3, 0.4) is 0 Å². The zero-order valence-electron chi connectivity index (χ0n) is 14.5. The van der Waals surface area contributed by atoms with Crippen molar-refractivity contribution in [3.05, 3.63) is 35.9 Å². The molecule has 3 rings (SSSR count). The summed E-state index contributed by atoms with van der Waals surface area (Å²) in [6.45, 7) is 0.502. The van der Waals surface area contributed by atoms with Crippen molar-refractivity contribution in [1.82, 2.24) is 9.62 Å². The van der Waals surface area contributed by atoms with Crippen LogP contribution in [-0.2, 0) is 25.4 Å². The van der Waals surface area contributed by atoms with Crippen molar-refractivity contribution < 1.29 is 23.1 Å². The Labute approximate surface area is 153 Å². The third-order valence-corrected chi connectivity index (χ3v) is 6.81. The molecule has 2 unspecified atom stereocenters. The van der Waals surface area contributed by atoms with Gasteiger partial charge in [0.2, 0.25) is 15.9 Å². The van der Waals surface area contributed by atoms with Crippen LogP contribution < -0.4 is 5.32 Å². The summed E-state index contributed by atoms with van der Waals surface area (Å²) in [6, 6.07) is 8.08. The molecule has 142 valence electrons. The molecule has 1 aromatic carbocycles. The van der Waals surface area contributed by atoms with Crippen LogP contribution in [0.15, 0.2) is 30.3 Å². The average Bonchev–Trinajstić information content (AvgIpc) is 3.44. The number of hydrogen-bond acceptors (Lipinski definition) is 4. The van der Waals surface area contributed by atoms with Crippen molar-refractivity contribution in [1.29, 1.82) is 0 Å². The van der Waals surface area contributed by atoms with Crippen LogP contribution in [0.4, 0.5) is 0 Å². The molecule has 26 heavy (non-hydrogen) atoms. The molecular weight excluding hydrogens is 356 g/mol. The highest BCUT2D eigenvalue weighted by molar-refractivity contribution is 7.88. The first kappa shape index (κ1) is 18.8. The van der Waals surface area contributed by atoms with Gasteiger partial charge in [-0.25, -0.2) is 17.5 Å². The molecule has 1 saturated carbocycles. The maximum Gasteiger partial charge on any atom is 0.326 e. The lowest BCUT2D eigenvalue weighted by molar-refractivity contribution is -0.143. The Hall–Kier alpha value is -1.93. The van der Waals surface area contributed by atoms with Crippen LogP contribution in [0.2, 0.25) is 0 Å². The number of hydrogen-bond donors (Lipinski definition) is 2. The first-order chi connectivity index (χ1) is 12.4. The van der Waals surface area contributed by atoms with Gasteiger partial charge in [-0.05, 0) is 37.2 Å². The molecule has 1 heterocycles. The smallest absolute Gasteiger partial charge is 0.326 e. The number of nitrogens with zero attached hydrogens (tertiary/aromatic N) is 1. The van der Waals surface area contributed by atoms with Gasteiger partial charge in [-0.3, -0.25) is 4.79 Å². The summed E-state index contributed by atoms with van der Waals surface area (Å²) in [5.74, 6) is -1.98. The second kappa shape index (κ2) is 7.75. The van der Waals surface area contributed by atoms with Gasteiger partial charge in [-0.15, -0.1) is 0 Å². The summed E-state index contributed by atoms with van der Waals surface area (Å²) in [7, 11) is -3.51. The van der Waals surface area contributed by atoms with Gasteiger partial charge in [0, 0.05) is 13.1 Å². The highest BCUT2D eigenvalue weighted by atomic mass is 32.2. The van der Waals surface area contributed by atoms with E-state index >= 15 is 0 Å².